The van der Waals surface area contributed by atoms with Crippen LogP contribution in [0.1, 0.15) is 5.56 Å². The Morgan fingerprint density at radius 2 is 2.38 bits per heavy atom. The largest absolute Gasteiger partial charge is 0.377 e. The van der Waals surface area contributed by atoms with E-state index in [1.165, 1.54) is 5.56 Å². The van der Waals surface area contributed by atoms with E-state index in [-0.39, 0.29) is 0 Å². The molecule has 1 aromatic heterocycles. The monoisotopic (exact) mass is 125 g/mol. The van der Waals surface area contributed by atoms with Crippen molar-refractivity contribution in [2.24, 2.45) is 0 Å². The first-order valence-corrected chi connectivity index (χ1v) is 3.28. The van der Waals surface area contributed by atoms with Crippen LogP contribution in [0.25, 0.3) is 0 Å². The van der Waals surface area contributed by atoms with Gasteiger partial charge < -0.3 is 5.32 Å². The zero-order valence-electron chi connectivity index (χ0n) is 4.64. The number of hydrogen-bond acceptors (Lipinski definition) is 2. The summed E-state index contributed by atoms with van der Waals surface area (Å²) < 4.78 is 0. The summed E-state index contributed by atoms with van der Waals surface area (Å²) in [5, 5.41) is 6.62. The fraction of sp³-hybridized carbons (Fsp3) is 0.167. The molecule has 0 bridgehead atoms. The normalized spacial score (nSPS) is 9.25. The maximum atomic E-state index is 5.15. The van der Waals surface area contributed by atoms with Crippen molar-refractivity contribution >= 4 is 17.0 Å². The second kappa shape index (κ2) is 2.18. The van der Waals surface area contributed by atoms with Crippen molar-refractivity contribution in [2.75, 3.05) is 5.32 Å². The van der Waals surface area contributed by atoms with Gasteiger partial charge in [-0.25, -0.2) is 0 Å². The SMILES string of the molecule is [CH]Nc1cscc1C. The highest BCUT2D eigenvalue weighted by atomic mass is 32.1. The number of rotatable bonds is 1. The van der Waals surface area contributed by atoms with Gasteiger partial charge in [0.2, 0.25) is 0 Å². The molecule has 1 rings (SSSR count). The van der Waals surface area contributed by atoms with Crippen LogP contribution in [0, 0.1) is 14.0 Å². The van der Waals surface area contributed by atoms with E-state index in [0.717, 1.165) is 5.69 Å². The third kappa shape index (κ3) is 0.842. The van der Waals surface area contributed by atoms with Gasteiger partial charge in [-0.3, -0.25) is 0 Å². The van der Waals surface area contributed by atoms with E-state index in [2.05, 4.69) is 10.7 Å². The first kappa shape index (κ1) is 5.63. The van der Waals surface area contributed by atoms with Gasteiger partial charge in [0, 0.05) is 11.1 Å². The zero-order chi connectivity index (χ0) is 5.98. The lowest BCUT2D eigenvalue weighted by atomic mass is 10.3. The summed E-state index contributed by atoms with van der Waals surface area (Å²) in [5.74, 6) is 0. The number of nitrogens with one attached hydrogen (secondary N) is 1. The molecule has 2 heteroatoms. The lowest BCUT2D eigenvalue weighted by Crippen LogP contribution is -1.81. The summed E-state index contributed by atoms with van der Waals surface area (Å²) in [5.41, 5.74) is 2.23. The summed E-state index contributed by atoms with van der Waals surface area (Å²) in [7, 11) is 5.15. The number of aryl methyl sites for hydroxylation is 1. The molecule has 0 aromatic carbocycles. The van der Waals surface area contributed by atoms with E-state index in [1.807, 2.05) is 12.3 Å². The molecule has 0 aliphatic carbocycles. The van der Waals surface area contributed by atoms with Crippen LogP contribution in [0.3, 0.4) is 0 Å². The Labute approximate surface area is 53.4 Å². The standard InChI is InChI=1S/C6H7NS/c1-5-3-8-4-6(5)7-2/h2-4,7H,1H3. The first-order valence-electron chi connectivity index (χ1n) is 2.34. The van der Waals surface area contributed by atoms with Crippen LogP contribution in [0.5, 0.6) is 0 Å². The Hall–Kier alpha value is -0.500. The quantitative estimate of drug-likeness (QED) is 0.567. The highest BCUT2D eigenvalue weighted by Gasteiger charge is 1.91. The van der Waals surface area contributed by atoms with Gasteiger partial charge in [-0.2, -0.15) is 0 Å². The molecule has 0 atom stereocenters. The molecule has 8 heavy (non-hydrogen) atoms. The number of hydrogen-bond donors (Lipinski definition) is 1. The van der Waals surface area contributed by atoms with Crippen LogP contribution in [0.15, 0.2) is 10.8 Å². The van der Waals surface area contributed by atoms with Gasteiger partial charge in [-0.05, 0) is 17.9 Å². The fourth-order valence-electron chi connectivity index (χ4n) is 0.508. The summed E-state index contributed by atoms with van der Waals surface area (Å²) in [4.78, 5) is 0. The second-order valence-corrected chi connectivity index (χ2v) is 2.36. The molecule has 2 radical (unpaired) electrons. The maximum Gasteiger partial charge on any atom is 0.0705 e. The van der Waals surface area contributed by atoms with Crippen molar-refractivity contribution in [2.45, 2.75) is 6.92 Å². The van der Waals surface area contributed by atoms with E-state index in [9.17, 15) is 0 Å². The fourth-order valence-corrected chi connectivity index (χ4v) is 1.30. The molecule has 0 amide bonds. The molecular weight excluding hydrogens is 118 g/mol. The van der Waals surface area contributed by atoms with Gasteiger partial charge in [0.1, 0.15) is 0 Å². The third-order valence-electron chi connectivity index (χ3n) is 1.01. The average molecular weight is 125 g/mol. The van der Waals surface area contributed by atoms with Crippen LogP contribution in [0.4, 0.5) is 5.69 Å². The van der Waals surface area contributed by atoms with Crippen LogP contribution in [-0.4, -0.2) is 0 Å². The number of thiophene rings is 1. The molecule has 0 unspecified atom stereocenters. The molecule has 0 aliphatic rings. The van der Waals surface area contributed by atoms with Gasteiger partial charge in [0.05, 0.1) is 7.05 Å². The van der Waals surface area contributed by atoms with E-state index >= 15 is 0 Å². The molecule has 1 aromatic rings. The predicted octanol–water partition coefficient (Wildman–Crippen LogP) is 2.14. The molecule has 0 fully saturated rings. The lowest BCUT2D eigenvalue weighted by Gasteiger charge is -1.92. The Kier molecular flexibility index (Phi) is 1.53. The minimum Gasteiger partial charge on any atom is -0.377 e. The van der Waals surface area contributed by atoms with Gasteiger partial charge in [-0.1, -0.05) is 0 Å². The molecule has 42 valence electrons. The predicted molar refractivity (Wildman–Crippen MR) is 37.0 cm³/mol. The van der Waals surface area contributed by atoms with Crippen LogP contribution in [-0.2, 0) is 0 Å². The van der Waals surface area contributed by atoms with E-state index < -0.39 is 0 Å². The van der Waals surface area contributed by atoms with Crippen LogP contribution >= 0.6 is 11.3 Å². The smallest absolute Gasteiger partial charge is 0.0705 e. The topological polar surface area (TPSA) is 12.0 Å². The number of anilines is 1. The Morgan fingerprint density at radius 3 is 2.62 bits per heavy atom. The summed E-state index contributed by atoms with van der Waals surface area (Å²) >= 11 is 1.65. The third-order valence-corrected chi connectivity index (χ3v) is 1.87. The van der Waals surface area contributed by atoms with E-state index in [4.69, 9.17) is 7.05 Å². The van der Waals surface area contributed by atoms with Crippen molar-refractivity contribution in [3.8, 4) is 0 Å². The zero-order valence-corrected chi connectivity index (χ0v) is 5.46. The van der Waals surface area contributed by atoms with Gasteiger partial charge in [-0.15, -0.1) is 11.3 Å². The average Bonchev–Trinajstić information content (AvgIpc) is 2.14. The van der Waals surface area contributed by atoms with Gasteiger partial charge >= 0.3 is 0 Å². The molecule has 0 saturated heterocycles. The lowest BCUT2D eigenvalue weighted by molar-refractivity contribution is 1.51. The van der Waals surface area contributed by atoms with E-state index in [1.54, 1.807) is 11.3 Å². The Morgan fingerprint density at radius 1 is 1.62 bits per heavy atom. The molecule has 1 nitrogen and oxygen atoms in total. The van der Waals surface area contributed by atoms with Gasteiger partial charge in [0.15, 0.2) is 0 Å². The highest BCUT2D eigenvalue weighted by molar-refractivity contribution is 7.08. The van der Waals surface area contributed by atoms with Gasteiger partial charge in [0.25, 0.3) is 0 Å². The molecule has 0 aliphatic heterocycles. The Balaban J connectivity index is 2.92. The van der Waals surface area contributed by atoms with Crippen LogP contribution < -0.4 is 5.32 Å². The van der Waals surface area contributed by atoms with Crippen molar-refractivity contribution < 1.29 is 0 Å². The minimum atomic E-state index is 1.02. The highest BCUT2D eigenvalue weighted by Crippen LogP contribution is 2.18. The maximum absolute atomic E-state index is 5.15. The molecular formula is C6H7NS. The van der Waals surface area contributed by atoms with Crippen molar-refractivity contribution in [1.82, 2.24) is 0 Å². The molecule has 0 spiro atoms. The summed E-state index contributed by atoms with van der Waals surface area (Å²) in [6, 6.07) is 0. The summed E-state index contributed by atoms with van der Waals surface area (Å²) in [6.07, 6.45) is 0. The summed E-state index contributed by atoms with van der Waals surface area (Å²) in [6.45, 7) is 2.02. The Bertz CT molecular complexity index is 169. The van der Waals surface area contributed by atoms with E-state index in [0.29, 0.717) is 0 Å². The van der Waals surface area contributed by atoms with Crippen molar-refractivity contribution in [3.05, 3.63) is 23.4 Å². The van der Waals surface area contributed by atoms with Crippen LogP contribution in [0.2, 0.25) is 0 Å². The second-order valence-electron chi connectivity index (χ2n) is 1.61. The molecule has 1 heterocycles. The van der Waals surface area contributed by atoms with Crippen molar-refractivity contribution in [1.29, 1.82) is 0 Å². The minimum absolute atomic E-state index is 1.02. The van der Waals surface area contributed by atoms with Crippen molar-refractivity contribution in [3.63, 3.8) is 0 Å². The first-order chi connectivity index (χ1) is 3.84. The molecule has 0 saturated carbocycles. The molecule has 1 N–H and O–H groups in total.